The van der Waals surface area contributed by atoms with Gasteiger partial charge in [-0.05, 0) is 0 Å². The summed E-state index contributed by atoms with van der Waals surface area (Å²) in [5, 5.41) is 8.84. The summed E-state index contributed by atoms with van der Waals surface area (Å²) in [4.78, 5) is 0. The molecule has 0 aromatic carbocycles. The van der Waals surface area contributed by atoms with Crippen LogP contribution in [-0.2, 0) is 0 Å². The van der Waals surface area contributed by atoms with E-state index >= 15 is 0 Å². The second-order valence-electron chi connectivity index (χ2n) is 2.35. The van der Waals surface area contributed by atoms with Gasteiger partial charge in [-0.2, -0.15) is 0 Å². The van der Waals surface area contributed by atoms with Gasteiger partial charge in [0, 0.05) is 0 Å². The van der Waals surface area contributed by atoms with Gasteiger partial charge in [0.05, 0.1) is 0 Å². The average molecular weight is 277 g/mol. The van der Waals surface area contributed by atoms with Crippen molar-refractivity contribution in [2.75, 3.05) is 24.3 Å². The molecular weight excluding hydrogens is 253 g/mol. The number of aliphatic hydroxyl groups excluding tert-OH is 1. The smallest absolute Gasteiger partial charge is 0.369 e. The van der Waals surface area contributed by atoms with Crippen molar-refractivity contribution in [3.63, 3.8) is 0 Å². The van der Waals surface area contributed by atoms with Gasteiger partial charge < -0.3 is 6.15 Å². The van der Waals surface area contributed by atoms with E-state index in [0.717, 1.165) is 4.43 Å². The van der Waals surface area contributed by atoms with E-state index in [4.69, 9.17) is 5.11 Å². The summed E-state index contributed by atoms with van der Waals surface area (Å²) in [6.07, 6.45) is 0. The minimum Gasteiger partial charge on any atom is -0.369 e. The zero-order chi connectivity index (χ0) is 8.04. The summed E-state index contributed by atoms with van der Waals surface area (Å²) in [6, 6.07) is 0. The average Bonchev–Trinajstić information content (AvgIpc) is 2.01. The molecule has 0 saturated heterocycles. The van der Waals surface area contributed by atoms with Crippen LogP contribution in [-0.4, -0.2) is 29.4 Å². The van der Waals surface area contributed by atoms with Gasteiger partial charge in [0.1, 0.15) is 0 Å². The molecule has 0 spiro atoms. The topological polar surface area (TPSA) is 56.7 Å². The third kappa shape index (κ3) is 4.28. The standard InChI is InChI=1S/C8H20IO.H3N/c1-4-9(5-2,6-3)7-8-10;/h10H,4-8H2,1-3H3;1H3/q-1;/p+1. The van der Waals surface area contributed by atoms with E-state index < -0.39 is 18.4 Å². The Morgan fingerprint density at radius 3 is 1.45 bits per heavy atom. The second-order valence-corrected chi connectivity index (χ2v) is 14.5. The van der Waals surface area contributed by atoms with Crippen LogP contribution < -0.4 is 24.6 Å². The van der Waals surface area contributed by atoms with Crippen molar-refractivity contribution in [3.05, 3.63) is 0 Å². The van der Waals surface area contributed by atoms with Crippen molar-refractivity contribution >= 4 is 0 Å². The van der Waals surface area contributed by atoms with Crippen molar-refractivity contribution in [2.24, 2.45) is 0 Å². The Labute approximate surface area is 74.9 Å². The zero-order valence-electron chi connectivity index (χ0n) is 8.36. The van der Waals surface area contributed by atoms with Gasteiger partial charge in [0.15, 0.2) is 0 Å². The first-order chi connectivity index (χ1) is 4.74. The molecule has 0 aliphatic carbocycles. The van der Waals surface area contributed by atoms with E-state index in [9.17, 15) is 0 Å². The maximum Gasteiger partial charge on any atom is -0.369 e. The fourth-order valence-electron chi connectivity index (χ4n) is 1.15. The van der Waals surface area contributed by atoms with Gasteiger partial charge in [-0.15, -0.1) is 0 Å². The number of hydrogen-bond acceptors (Lipinski definition) is 1. The van der Waals surface area contributed by atoms with Crippen LogP contribution in [0.4, 0.5) is 0 Å². The maximum atomic E-state index is 8.84. The number of halogens is 1. The molecule has 0 bridgehead atoms. The Hall–Kier alpha value is 0.650. The van der Waals surface area contributed by atoms with Gasteiger partial charge in [0.2, 0.25) is 0 Å². The van der Waals surface area contributed by atoms with Crippen molar-refractivity contribution in [3.8, 4) is 0 Å². The van der Waals surface area contributed by atoms with E-state index in [0.29, 0.717) is 6.61 Å². The summed E-state index contributed by atoms with van der Waals surface area (Å²) in [6.45, 7) is 7.30. The first-order valence-electron chi connectivity index (χ1n) is 4.01. The number of rotatable bonds is 5. The Morgan fingerprint density at radius 1 is 1.00 bits per heavy atom. The number of hydrogen-bond donors (Lipinski definition) is 2. The summed E-state index contributed by atoms with van der Waals surface area (Å²) in [5.74, 6) is 0. The van der Waals surface area contributed by atoms with Crippen molar-refractivity contribution in [2.45, 2.75) is 20.8 Å². The quantitative estimate of drug-likeness (QED) is 0.470. The SMILES string of the molecule is CC[I-](CC)(CC)CCO.[NH4+]. The fourth-order valence-corrected chi connectivity index (χ4v) is 7.70. The molecule has 0 aliphatic heterocycles. The minimum atomic E-state index is -1.38. The normalized spacial score (nSPS) is 12.4. The Bertz CT molecular complexity index is 75.9. The molecule has 0 saturated carbocycles. The summed E-state index contributed by atoms with van der Waals surface area (Å²) in [7, 11) is 0. The van der Waals surface area contributed by atoms with Gasteiger partial charge in [0.25, 0.3) is 0 Å². The molecule has 74 valence electrons. The van der Waals surface area contributed by atoms with Gasteiger partial charge in [-0.25, -0.2) is 0 Å². The molecular formula is C8H24INO. The van der Waals surface area contributed by atoms with E-state index in [1.165, 1.54) is 13.3 Å². The summed E-state index contributed by atoms with van der Waals surface area (Å²) < 4.78 is 5.27. The molecule has 0 aliphatic rings. The van der Waals surface area contributed by atoms with Gasteiger partial charge in [-0.1, -0.05) is 0 Å². The van der Waals surface area contributed by atoms with Crippen LogP contribution in [0.25, 0.3) is 0 Å². The third-order valence-electron chi connectivity index (χ3n) is 2.19. The zero-order valence-corrected chi connectivity index (χ0v) is 10.5. The predicted molar refractivity (Wildman–Crippen MR) is 49.6 cm³/mol. The van der Waals surface area contributed by atoms with Crippen LogP contribution in [0.3, 0.4) is 0 Å². The van der Waals surface area contributed by atoms with Crippen LogP contribution in [0, 0.1) is 0 Å². The molecule has 3 heteroatoms. The largest absolute Gasteiger partial charge is 0.369 e. The Kier molecular flexibility index (Phi) is 9.43. The molecule has 0 radical (unpaired) electrons. The predicted octanol–water partition coefficient (Wildman–Crippen LogP) is -1.42. The molecule has 2 nitrogen and oxygen atoms in total. The number of aliphatic hydroxyl groups is 1. The Balaban J connectivity index is 0. The summed E-state index contributed by atoms with van der Waals surface area (Å²) >= 11 is -1.38. The van der Waals surface area contributed by atoms with E-state index in [2.05, 4.69) is 20.8 Å². The first kappa shape index (κ1) is 14.2. The fraction of sp³-hybridized carbons (Fsp3) is 1.00. The second kappa shape index (κ2) is 7.31. The van der Waals surface area contributed by atoms with E-state index in [1.807, 2.05) is 0 Å². The molecule has 0 atom stereocenters. The molecule has 11 heavy (non-hydrogen) atoms. The van der Waals surface area contributed by atoms with E-state index in [-0.39, 0.29) is 6.15 Å². The van der Waals surface area contributed by atoms with Crippen LogP contribution in [0.15, 0.2) is 0 Å². The Morgan fingerprint density at radius 2 is 1.36 bits per heavy atom. The third-order valence-corrected chi connectivity index (χ3v) is 14.7. The molecule has 0 aromatic rings. The van der Waals surface area contributed by atoms with Crippen molar-refractivity contribution in [1.82, 2.24) is 6.15 Å². The molecule has 0 unspecified atom stereocenters. The minimum absolute atomic E-state index is 0. The summed E-state index contributed by atoms with van der Waals surface area (Å²) in [5.41, 5.74) is 0. The van der Waals surface area contributed by atoms with Crippen LogP contribution in [0.5, 0.6) is 0 Å². The molecule has 0 fully saturated rings. The number of quaternary nitrogens is 1. The molecule has 0 aromatic heterocycles. The molecule has 0 heterocycles. The van der Waals surface area contributed by atoms with Gasteiger partial charge >= 0.3 is 68.6 Å². The first-order valence-corrected chi connectivity index (χ1v) is 10.1. The molecule has 0 rings (SSSR count). The van der Waals surface area contributed by atoms with Crippen molar-refractivity contribution < 1.29 is 23.5 Å². The van der Waals surface area contributed by atoms with Crippen LogP contribution in [0.1, 0.15) is 20.8 Å². The van der Waals surface area contributed by atoms with E-state index in [1.54, 1.807) is 0 Å². The monoisotopic (exact) mass is 277 g/mol. The van der Waals surface area contributed by atoms with Crippen molar-refractivity contribution in [1.29, 1.82) is 0 Å². The van der Waals surface area contributed by atoms with Crippen LogP contribution >= 0.6 is 0 Å². The van der Waals surface area contributed by atoms with Gasteiger partial charge in [-0.3, -0.25) is 0 Å². The van der Waals surface area contributed by atoms with Crippen LogP contribution in [0.2, 0.25) is 0 Å². The molecule has 5 N–H and O–H groups in total. The number of alkyl halides is 4. The maximum absolute atomic E-state index is 8.84. The molecule has 0 amide bonds.